The molecule has 0 saturated carbocycles. The van der Waals surface area contributed by atoms with Crippen LogP contribution in [0.25, 0.3) is 0 Å². The van der Waals surface area contributed by atoms with Gasteiger partial charge in [-0.05, 0) is 25.6 Å². The highest BCUT2D eigenvalue weighted by Gasteiger charge is 1.94. The normalized spacial score (nSPS) is 11.8. The summed E-state index contributed by atoms with van der Waals surface area (Å²) in [6, 6.07) is 0. The van der Waals surface area contributed by atoms with Gasteiger partial charge in [0.1, 0.15) is 5.82 Å². The van der Waals surface area contributed by atoms with Crippen LogP contribution in [0.2, 0.25) is 0 Å². The molecule has 0 fully saturated rings. The molecule has 0 radical (unpaired) electrons. The minimum absolute atomic E-state index is 0.846. The zero-order chi connectivity index (χ0) is 9.40. The largest absolute Gasteiger partial charge is 0.370 e. The molecule has 0 aliphatic heterocycles. The first-order chi connectivity index (χ1) is 5.76. The summed E-state index contributed by atoms with van der Waals surface area (Å²) in [6.07, 6.45) is 4.12. The minimum atomic E-state index is 0.846. The van der Waals surface area contributed by atoms with E-state index in [0.29, 0.717) is 0 Å². The van der Waals surface area contributed by atoms with Gasteiger partial charge in [0.15, 0.2) is 0 Å². The van der Waals surface area contributed by atoms with Crippen LogP contribution in [0, 0.1) is 0 Å². The molecule has 0 heterocycles. The Kier molecular flexibility index (Phi) is 6.07. The third-order valence-corrected chi connectivity index (χ3v) is 1.66. The van der Waals surface area contributed by atoms with E-state index in [2.05, 4.69) is 30.5 Å². The molecular formula is C10H18N2. The summed E-state index contributed by atoms with van der Waals surface area (Å²) in [5.74, 6) is 0.846. The van der Waals surface area contributed by atoms with Crippen molar-refractivity contribution >= 4 is 6.72 Å². The summed E-state index contributed by atoms with van der Waals surface area (Å²) in [5.41, 5.74) is 1.04. The number of nitrogens with one attached hydrogen (secondary N) is 1. The van der Waals surface area contributed by atoms with E-state index in [1.165, 1.54) is 6.42 Å². The van der Waals surface area contributed by atoms with E-state index >= 15 is 0 Å². The molecule has 0 atom stereocenters. The molecule has 0 aliphatic carbocycles. The Labute approximate surface area is 75.1 Å². The minimum Gasteiger partial charge on any atom is -0.370 e. The molecule has 0 saturated heterocycles. The third kappa shape index (κ3) is 3.96. The second-order valence-corrected chi connectivity index (χ2v) is 2.67. The van der Waals surface area contributed by atoms with Crippen LogP contribution in [0.3, 0.4) is 0 Å². The number of rotatable bonds is 6. The zero-order valence-electron chi connectivity index (χ0n) is 8.06. The lowest BCUT2D eigenvalue weighted by Crippen LogP contribution is -2.14. The second kappa shape index (κ2) is 6.65. The lowest BCUT2D eigenvalue weighted by Gasteiger charge is -2.06. The van der Waals surface area contributed by atoms with Crippen molar-refractivity contribution in [3.63, 3.8) is 0 Å². The maximum atomic E-state index is 3.88. The van der Waals surface area contributed by atoms with Crippen LogP contribution in [0.15, 0.2) is 29.0 Å². The van der Waals surface area contributed by atoms with Gasteiger partial charge < -0.3 is 5.32 Å². The van der Waals surface area contributed by atoms with Crippen LogP contribution in [-0.2, 0) is 0 Å². The smallest absolute Gasteiger partial charge is 0.128 e. The molecule has 2 heteroatoms. The highest BCUT2D eigenvalue weighted by molar-refractivity contribution is 5.32. The van der Waals surface area contributed by atoms with Gasteiger partial charge in [-0.2, -0.15) is 0 Å². The van der Waals surface area contributed by atoms with E-state index in [1.54, 1.807) is 6.08 Å². The highest BCUT2D eigenvalue weighted by Crippen LogP contribution is 2.02. The first kappa shape index (κ1) is 11.0. The molecule has 0 aliphatic rings. The summed E-state index contributed by atoms with van der Waals surface area (Å²) in [6.45, 7) is 12.2. The second-order valence-electron chi connectivity index (χ2n) is 2.67. The van der Waals surface area contributed by atoms with Crippen LogP contribution >= 0.6 is 0 Å². The molecule has 0 amide bonds. The number of hydrogen-bond donors (Lipinski definition) is 1. The van der Waals surface area contributed by atoms with Gasteiger partial charge in [0.25, 0.3) is 0 Å². The van der Waals surface area contributed by atoms with Crippen molar-refractivity contribution < 1.29 is 0 Å². The molecule has 0 aromatic heterocycles. The summed E-state index contributed by atoms with van der Waals surface area (Å²) in [5, 5.41) is 3.20. The van der Waals surface area contributed by atoms with Crippen molar-refractivity contribution in [2.24, 2.45) is 4.99 Å². The maximum Gasteiger partial charge on any atom is 0.128 e. The number of hydrogen-bond acceptors (Lipinski definition) is 2. The Balaban J connectivity index is 3.99. The van der Waals surface area contributed by atoms with Gasteiger partial charge >= 0.3 is 0 Å². The van der Waals surface area contributed by atoms with Gasteiger partial charge in [0, 0.05) is 6.54 Å². The summed E-state index contributed by atoms with van der Waals surface area (Å²) >= 11 is 0. The van der Waals surface area contributed by atoms with Crippen molar-refractivity contribution in [2.75, 3.05) is 6.54 Å². The van der Waals surface area contributed by atoms with Crippen molar-refractivity contribution in [1.82, 2.24) is 5.32 Å². The predicted octanol–water partition coefficient (Wildman–Crippen LogP) is 2.49. The van der Waals surface area contributed by atoms with Gasteiger partial charge in [-0.25, -0.2) is 4.99 Å². The molecule has 12 heavy (non-hydrogen) atoms. The first-order valence-electron chi connectivity index (χ1n) is 4.30. The van der Waals surface area contributed by atoms with Gasteiger partial charge in [0.05, 0.1) is 0 Å². The molecule has 1 N–H and O–H groups in total. The van der Waals surface area contributed by atoms with Crippen molar-refractivity contribution in [1.29, 1.82) is 0 Å². The molecule has 68 valence electrons. The van der Waals surface area contributed by atoms with Crippen LogP contribution in [0.1, 0.15) is 26.7 Å². The molecule has 0 aromatic rings. The molecule has 0 bridgehead atoms. The Morgan fingerprint density at radius 3 is 2.67 bits per heavy atom. The monoisotopic (exact) mass is 166 g/mol. The molecular weight excluding hydrogens is 148 g/mol. The zero-order valence-corrected chi connectivity index (χ0v) is 8.06. The van der Waals surface area contributed by atoms with E-state index in [9.17, 15) is 0 Å². The van der Waals surface area contributed by atoms with E-state index in [0.717, 1.165) is 24.4 Å². The van der Waals surface area contributed by atoms with E-state index in [-0.39, 0.29) is 0 Å². The molecule has 0 aromatic carbocycles. The van der Waals surface area contributed by atoms with Crippen LogP contribution in [0.4, 0.5) is 0 Å². The number of allylic oxidation sites excluding steroid dienone is 2. The van der Waals surface area contributed by atoms with Gasteiger partial charge in [-0.3, -0.25) is 0 Å². The Hall–Kier alpha value is -1.05. The van der Waals surface area contributed by atoms with Gasteiger partial charge in [-0.1, -0.05) is 26.0 Å². The summed E-state index contributed by atoms with van der Waals surface area (Å²) < 4.78 is 0. The SMILES string of the molecule is C=C/C(C)=C(\N=C)NCCCC. The van der Waals surface area contributed by atoms with E-state index in [4.69, 9.17) is 0 Å². The van der Waals surface area contributed by atoms with E-state index in [1.807, 2.05) is 6.92 Å². The Morgan fingerprint density at radius 1 is 1.58 bits per heavy atom. The van der Waals surface area contributed by atoms with E-state index < -0.39 is 0 Å². The van der Waals surface area contributed by atoms with Gasteiger partial charge in [-0.15, -0.1) is 0 Å². The number of aliphatic imine (C=N–C) groups is 1. The summed E-state index contributed by atoms with van der Waals surface area (Å²) in [7, 11) is 0. The quantitative estimate of drug-likeness (QED) is 0.366. The third-order valence-electron chi connectivity index (χ3n) is 1.66. The fourth-order valence-electron chi connectivity index (χ4n) is 0.800. The van der Waals surface area contributed by atoms with Crippen LogP contribution in [0.5, 0.6) is 0 Å². The molecule has 0 spiro atoms. The maximum absolute atomic E-state index is 3.88. The lowest BCUT2D eigenvalue weighted by atomic mass is 10.3. The van der Waals surface area contributed by atoms with Gasteiger partial charge in [0.2, 0.25) is 0 Å². The van der Waals surface area contributed by atoms with Crippen LogP contribution in [-0.4, -0.2) is 13.3 Å². The van der Waals surface area contributed by atoms with Crippen molar-refractivity contribution in [3.05, 3.63) is 24.0 Å². The lowest BCUT2D eigenvalue weighted by molar-refractivity contribution is 0.702. The Bertz CT molecular complexity index is 180. The van der Waals surface area contributed by atoms with Crippen molar-refractivity contribution in [3.8, 4) is 0 Å². The van der Waals surface area contributed by atoms with Crippen LogP contribution < -0.4 is 5.32 Å². The number of nitrogens with zero attached hydrogens (tertiary/aromatic N) is 1. The number of unbranched alkanes of at least 4 members (excludes halogenated alkanes) is 1. The Morgan fingerprint density at radius 2 is 2.25 bits per heavy atom. The average Bonchev–Trinajstić information content (AvgIpc) is 2.11. The average molecular weight is 166 g/mol. The standard InChI is InChI=1S/C10H18N2/c1-5-7-8-12-10(11-4)9(3)6-2/h6,12H,2,4-5,7-8H2,1,3H3/b10-9+. The highest BCUT2D eigenvalue weighted by atomic mass is 15.0. The topological polar surface area (TPSA) is 24.4 Å². The first-order valence-corrected chi connectivity index (χ1v) is 4.30. The molecule has 2 nitrogen and oxygen atoms in total. The molecule has 0 unspecified atom stereocenters. The van der Waals surface area contributed by atoms with Crippen molar-refractivity contribution in [2.45, 2.75) is 26.7 Å². The molecule has 0 rings (SSSR count). The fraction of sp³-hybridized carbons (Fsp3) is 0.500. The summed E-state index contributed by atoms with van der Waals surface area (Å²) in [4.78, 5) is 3.88. The fourth-order valence-corrected chi connectivity index (χ4v) is 0.800. The predicted molar refractivity (Wildman–Crippen MR) is 55.4 cm³/mol.